The highest BCUT2D eigenvalue weighted by molar-refractivity contribution is 5.78. The van der Waals surface area contributed by atoms with Crippen molar-refractivity contribution < 1.29 is 4.79 Å². The number of fused-ring (bicyclic) bond motifs is 2. The second-order valence-corrected chi connectivity index (χ2v) is 7.07. The SMILES string of the molecule is CN(C(=O)CN1CCc2cncnc2C1)[C@H]1CCCc2ccccc21. The second-order valence-electron chi connectivity index (χ2n) is 7.07. The third kappa shape index (κ3) is 3.29. The Kier molecular flexibility index (Phi) is 4.49. The Hall–Kier alpha value is -2.27. The lowest BCUT2D eigenvalue weighted by Crippen LogP contribution is -2.42. The summed E-state index contributed by atoms with van der Waals surface area (Å²) in [6.07, 6.45) is 7.72. The quantitative estimate of drug-likeness (QED) is 0.863. The van der Waals surface area contributed by atoms with E-state index in [4.69, 9.17) is 0 Å². The Morgan fingerprint density at radius 3 is 3.08 bits per heavy atom. The molecule has 0 unspecified atom stereocenters. The zero-order valence-electron chi connectivity index (χ0n) is 14.7. The van der Waals surface area contributed by atoms with Crippen LogP contribution in [0.5, 0.6) is 0 Å². The minimum absolute atomic E-state index is 0.194. The minimum Gasteiger partial charge on any atom is -0.338 e. The third-order valence-corrected chi connectivity index (χ3v) is 5.51. The first kappa shape index (κ1) is 16.2. The molecule has 1 aliphatic carbocycles. The van der Waals surface area contributed by atoms with Crippen molar-refractivity contribution in [1.29, 1.82) is 0 Å². The molecule has 25 heavy (non-hydrogen) atoms. The van der Waals surface area contributed by atoms with E-state index in [0.29, 0.717) is 6.54 Å². The lowest BCUT2D eigenvalue weighted by Gasteiger charge is -2.35. The van der Waals surface area contributed by atoms with Gasteiger partial charge in [-0.3, -0.25) is 9.69 Å². The number of hydrogen-bond acceptors (Lipinski definition) is 4. The van der Waals surface area contributed by atoms with Crippen LogP contribution in [-0.2, 0) is 24.2 Å². The van der Waals surface area contributed by atoms with Crippen molar-refractivity contribution in [3.8, 4) is 0 Å². The van der Waals surface area contributed by atoms with Crippen molar-refractivity contribution in [2.45, 2.75) is 38.3 Å². The molecule has 0 saturated carbocycles. The molecule has 0 bridgehead atoms. The Bertz CT molecular complexity index is 776. The van der Waals surface area contributed by atoms with Crippen molar-refractivity contribution in [2.75, 3.05) is 20.1 Å². The number of benzene rings is 1. The van der Waals surface area contributed by atoms with Crippen molar-refractivity contribution in [2.24, 2.45) is 0 Å². The molecule has 130 valence electrons. The number of likely N-dealkylation sites (N-methyl/N-ethyl adjacent to an activating group) is 1. The summed E-state index contributed by atoms with van der Waals surface area (Å²) in [5.74, 6) is 0.194. The summed E-state index contributed by atoms with van der Waals surface area (Å²) in [6, 6.07) is 8.75. The molecule has 0 radical (unpaired) electrons. The highest BCUT2D eigenvalue weighted by Crippen LogP contribution is 2.33. The van der Waals surface area contributed by atoms with Crippen LogP contribution in [0.25, 0.3) is 0 Å². The maximum atomic E-state index is 12.9. The number of hydrogen-bond donors (Lipinski definition) is 0. The van der Waals surface area contributed by atoms with Crippen LogP contribution in [0.2, 0.25) is 0 Å². The van der Waals surface area contributed by atoms with Gasteiger partial charge in [0.2, 0.25) is 5.91 Å². The van der Waals surface area contributed by atoms with E-state index in [0.717, 1.165) is 44.5 Å². The predicted molar refractivity (Wildman–Crippen MR) is 95.9 cm³/mol. The van der Waals surface area contributed by atoms with Crippen molar-refractivity contribution in [1.82, 2.24) is 19.8 Å². The summed E-state index contributed by atoms with van der Waals surface area (Å²) in [6.45, 7) is 2.08. The van der Waals surface area contributed by atoms with E-state index >= 15 is 0 Å². The largest absolute Gasteiger partial charge is 0.338 e. The van der Waals surface area contributed by atoms with E-state index < -0.39 is 0 Å². The molecular weight excluding hydrogens is 312 g/mol. The smallest absolute Gasteiger partial charge is 0.237 e. The fraction of sp³-hybridized carbons (Fsp3) is 0.450. The van der Waals surface area contributed by atoms with E-state index in [2.05, 4.69) is 39.1 Å². The maximum Gasteiger partial charge on any atom is 0.237 e. The highest BCUT2D eigenvalue weighted by atomic mass is 16.2. The van der Waals surface area contributed by atoms with Crippen LogP contribution in [0.15, 0.2) is 36.8 Å². The maximum absolute atomic E-state index is 12.9. The summed E-state index contributed by atoms with van der Waals surface area (Å²) in [4.78, 5) is 25.5. The third-order valence-electron chi connectivity index (χ3n) is 5.51. The van der Waals surface area contributed by atoms with Gasteiger partial charge in [0, 0.05) is 26.3 Å². The van der Waals surface area contributed by atoms with Crippen molar-refractivity contribution >= 4 is 5.91 Å². The highest BCUT2D eigenvalue weighted by Gasteiger charge is 2.28. The molecule has 0 spiro atoms. The van der Waals surface area contributed by atoms with Crippen LogP contribution in [-0.4, -0.2) is 45.8 Å². The molecule has 2 aliphatic rings. The number of carbonyl (C=O) groups is 1. The Morgan fingerprint density at radius 2 is 2.16 bits per heavy atom. The van der Waals surface area contributed by atoms with Gasteiger partial charge in [0.25, 0.3) is 0 Å². The fourth-order valence-electron chi connectivity index (χ4n) is 4.05. The van der Waals surface area contributed by atoms with E-state index in [1.54, 1.807) is 6.33 Å². The number of nitrogens with zero attached hydrogens (tertiary/aromatic N) is 4. The lowest BCUT2D eigenvalue weighted by atomic mass is 9.87. The number of aryl methyl sites for hydroxylation is 1. The van der Waals surface area contributed by atoms with E-state index in [-0.39, 0.29) is 11.9 Å². The molecule has 0 fully saturated rings. The van der Waals surface area contributed by atoms with Gasteiger partial charge in [-0.1, -0.05) is 24.3 Å². The monoisotopic (exact) mass is 336 g/mol. The Labute approximate surface area is 148 Å². The molecule has 5 heteroatoms. The number of aromatic nitrogens is 2. The Balaban J connectivity index is 1.44. The van der Waals surface area contributed by atoms with Crippen LogP contribution in [0, 0.1) is 0 Å². The van der Waals surface area contributed by atoms with Gasteiger partial charge < -0.3 is 4.90 Å². The molecule has 5 nitrogen and oxygen atoms in total. The van der Waals surface area contributed by atoms with Crippen LogP contribution in [0.4, 0.5) is 0 Å². The van der Waals surface area contributed by atoms with Crippen LogP contribution in [0.3, 0.4) is 0 Å². The summed E-state index contributed by atoms with van der Waals surface area (Å²) in [5.41, 5.74) is 4.98. The van der Waals surface area contributed by atoms with Crippen LogP contribution >= 0.6 is 0 Å². The molecular formula is C20H24N4O. The van der Waals surface area contributed by atoms with Crippen LogP contribution < -0.4 is 0 Å². The van der Waals surface area contributed by atoms with Gasteiger partial charge in [-0.15, -0.1) is 0 Å². The lowest BCUT2D eigenvalue weighted by molar-refractivity contribution is -0.133. The summed E-state index contributed by atoms with van der Waals surface area (Å²) in [7, 11) is 1.95. The average molecular weight is 336 g/mol. The van der Waals surface area contributed by atoms with Crippen molar-refractivity contribution in [3.63, 3.8) is 0 Å². The number of amides is 1. The normalized spacial score (nSPS) is 19.8. The molecule has 0 N–H and O–H groups in total. The fourth-order valence-corrected chi connectivity index (χ4v) is 4.05. The van der Waals surface area contributed by atoms with E-state index in [1.165, 1.54) is 16.7 Å². The van der Waals surface area contributed by atoms with Gasteiger partial charge in [-0.25, -0.2) is 9.97 Å². The zero-order valence-corrected chi connectivity index (χ0v) is 14.7. The molecule has 2 heterocycles. The number of rotatable bonds is 3. The molecule has 1 aromatic heterocycles. The summed E-state index contributed by atoms with van der Waals surface area (Å²) in [5, 5.41) is 0. The topological polar surface area (TPSA) is 49.3 Å². The first-order valence-corrected chi connectivity index (χ1v) is 9.06. The molecule has 1 aliphatic heterocycles. The predicted octanol–water partition coefficient (Wildman–Crippen LogP) is 2.37. The summed E-state index contributed by atoms with van der Waals surface area (Å²) < 4.78 is 0. The molecule has 1 aromatic carbocycles. The van der Waals surface area contributed by atoms with Crippen LogP contribution in [0.1, 0.15) is 41.3 Å². The Morgan fingerprint density at radius 1 is 1.28 bits per heavy atom. The molecule has 4 rings (SSSR count). The molecule has 2 aromatic rings. The zero-order chi connectivity index (χ0) is 17.2. The molecule has 0 saturated heterocycles. The first-order valence-electron chi connectivity index (χ1n) is 9.06. The van der Waals surface area contributed by atoms with Gasteiger partial charge in [-0.2, -0.15) is 0 Å². The van der Waals surface area contributed by atoms with E-state index in [9.17, 15) is 4.79 Å². The van der Waals surface area contributed by atoms with Crippen molar-refractivity contribution in [3.05, 3.63) is 59.2 Å². The second kappa shape index (κ2) is 6.92. The minimum atomic E-state index is 0.194. The molecule has 1 amide bonds. The van der Waals surface area contributed by atoms with Gasteiger partial charge in [0.1, 0.15) is 6.33 Å². The van der Waals surface area contributed by atoms with Gasteiger partial charge in [0.05, 0.1) is 18.3 Å². The number of carbonyl (C=O) groups excluding carboxylic acids is 1. The first-order chi connectivity index (χ1) is 12.2. The van der Waals surface area contributed by atoms with E-state index in [1.807, 2.05) is 18.1 Å². The molecule has 1 atom stereocenters. The van der Waals surface area contributed by atoms with Gasteiger partial charge in [-0.05, 0) is 42.4 Å². The average Bonchev–Trinajstić information content (AvgIpc) is 2.67. The van der Waals surface area contributed by atoms with Gasteiger partial charge in [0.15, 0.2) is 0 Å². The summed E-state index contributed by atoms with van der Waals surface area (Å²) >= 11 is 0. The van der Waals surface area contributed by atoms with Gasteiger partial charge >= 0.3 is 0 Å². The standard InChI is InChI=1S/C20H24N4O/c1-23(19-8-4-6-15-5-2-3-7-17(15)19)20(25)13-24-10-9-16-11-21-14-22-18(16)12-24/h2-3,5,7,11,14,19H,4,6,8-10,12-13H2,1H3/t19-/m0/s1.